The van der Waals surface area contributed by atoms with Crippen LogP contribution in [0.2, 0.25) is 0 Å². The summed E-state index contributed by atoms with van der Waals surface area (Å²) in [6.45, 7) is 2.49. The van der Waals surface area contributed by atoms with Crippen LogP contribution in [0.4, 0.5) is 20.7 Å². The minimum absolute atomic E-state index is 0.132. The fourth-order valence-electron chi connectivity index (χ4n) is 3.70. The molecule has 1 aliphatic rings. The van der Waals surface area contributed by atoms with Crippen LogP contribution in [0, 0.1) is 12.7 Å². The molecule has 2 aromatic heterocycles. The molecule has 170 valence electrons. The summed E-state index contributed by atoms with van der Waals surface area (Å²) in [4.78, 5) is 22.3. The van der Waals surface area contributed by atoms with Crippen LogP contribution in [0.5, 0.6) is 0 Å². The number of nitrogens with one attached hydrogen (secondary N) is 1. The van der Waals surface area contributed by atoms with Crippen molar-refractivity contribution >= 4 is 63.5 Å². The monoisotopic (exact) mass is 500 g/mol. The van der Waals surface area contributed by atoms with E-state index in [2.05, 4.69) is 15.3 Å². The maximum atomic E-state index is 14.3. The minimum atomic E-state index is -1.64. The average Bonchev–Trinajstić information content (AvgIpc) is 3.19. The number of halogens is 4. The maximum absolute atomic E-state index is 14.3. The highest BCUT2D eigenvalue weighted by molar-refractivity contribution is 6.67. The van der Waals surface area contributed by atoms with Gasteiger partial charge < -0.3 is 19.4 Å². The first-order valence-electron chi connectivity index (χ1n) is 9.95. The number of alkyl halides is 3. The van der Waals surface area contributed by atoms with Crippen LogP contribution in [-0.2, 0) is 4.74 Å². The van der Waals surface area contributed by atoms with Crippen molar-refractivity contribution in [2.24, 2.45) is 0 Å². The van der Waals surface area contributed by atoms with Gasteiger partial charge >= 0.3 is 6.09 Å². The van der Waals surface area contributed by atoms with E-state index in [4.69, 9.17) is 44.0 Å². The Morgan fingerprint density at radius 1 is 1.31 bits per heavy atom. The number of benzene rings is 1. The number of carbonyl (C=O) groups excluding carboxylic acids is 1. The van der Waals surface area contributed by atoms with Gasteiger partial charge in [0.25, 0.3) is 0 Å². The molecule has 3 aromatic rings. The van der Waals surface area contributed by atoms with E-state index in [-0.39, 0.29) is 18.3 Å². The smallest absolute Gasteiger partial charge is 0.409 e. The molecule has 7 nitrogen and oxygen atoms in total. The lowest BCUT2D eigenvalue weighted by molar-refractivity contribution is 0.0942. The zero-order chi connectivity index (χ0) is 22.9. The molecule has 11 heteroatoms. The molecule has 1 aliphatic heterocycles. The van der Waals surface area contributed by atoms with Crippen molar-refractivity contribution < 1.29 is 18.3 Å². The van der Waals surface area contributed by atoms with Gasteiger partial charge in [-0.2, -0.15) is 0 Å². The summed E-state index contributed by atoms with van der Waals surface area (Å²) in [5.74, 6) is 0.140. The standard InChI is InChI=1S/C21H20Cl3FN4O3/c1-12-2-3-16(15(25)8-12)28-19-18-17(26-11-27-19)14(9-31-18)13-4-6-29(7-5-13)20(30)32-10-21(22,23)24/h2-3,8-9,11,13H,4-7,10H2,1H3,(H,26,27,28). The molecule has 0 unspecified atom stereocenters. The van der Waals surface area contributed by atoms with Gasteiger partial charge in [0.15, 0.2) is 11.4 Å². The minimum Gasteiger partial charge on any atom is -0.458 e. The number of hydrogen-bond donors (Lipinski definition) is 1. The number of aryl methyl sites for hydroxylation is 1. The van der Waals surface area contributed by atoms with Crippen molar-refractivity contribution in [1.29, 1.82) is 0 Å². The summed E-state index contributed by atoms with van der Waals surface area (Å²) >= 11 is 16.9. The van der Waals surface area contributed by atoms with Crippen molar-refractivity contribution in [2.45, 2.75) is 29.5 Å². The summed E-state index contributed by atoms with van der Waals surface area (Å²) in [6, 6.07) is 4.91. The summed E-state index contributed by atoms with van der Waals surface area (Å²) in [5, 5.41) is 2.99. The van der Waals surface area contributed by atoms with Crippen LogP contribution in [-0.4, -0.2) is 44.5 Å². The molecule has 3 heterocycles. The lowest BCUT2D eigenvalue weighted by Crippen LogP contribution is -2.39. The summed E-state index contributed by atoms with van der Waals surface area (Å²) in [5.41, 5.74) is 3.15. The zero-order valence-electron chi connectivity index (χ0n) is 17.1. The molecule has 1 saturated heterocycles. The van der Waals surface area contributed by atoms with Crippen molar-refractivity contribution in [1.82, 2.24) is 14.9 Å². The Bertz CT molecular complexity index is 1130. The lowest BCUT2D eigenvalue weighted by atomic mass is 9.90. The average molecular weight is 502 g/mol. The largest absolute Gasteiger partial charge is 0.458 e. The number of aromatic nitrogens is 2. The van der Waals surface area contributed by atoms with Crippen LogP contribution in [0.3, 0.4) is 0 Å². The van der Waals surface area contributed by atoms with E-state index < -0.39 is 9.89 Å². The second-order valence-corrected chi connectivity index (χ2v) is 10.1. The number of furan rings is 1. The SMILES string of the molecule is Cc1ccc(Nc2ncnc3c(C4CCN(C(=O)OCC(Cl)(Cl)Cl)CC4)coc23)c(F)c1. The van der Waals surface area contributed by atoms with Crippen LogP contribution < -0.4 is 5.32 Å². The molecule has 1 fully saturated rings. The van der Waals surface area contributed by atoms with E-state index >= 15 is 0 Å². The first-order valence-corrected chi connectivity index (χ1v) is 11.1. The third-order valence-corrected chi connectivity index (χ3v) is 5.64. The summed E-state index contributed by atoms with van der Waals surface area (Å²) in [6.07, 6.45) is 3.94. The van der Waals surface area contributed by atoms with E-state index in [0.717, 1.165) is 11.1 Å². The molecule has 0 bridgehead atoms. The number of anilines is 2. The molecular weight excluding hydrogens is 482 g/mol. The predicted molar refractivity (Wildman–Crippen MR) is 121 cm³/mol. The van der Waals surface area contributed by atoms with E-state index in [1.165, 1.54) is 12.4 Å². The molecule has 1 amide bonds. The molecule has 32 heavy (non-hydrogen) atoms. The maximum Gasteiger partial charge on any atom is 0.409 e. The van der Waals surface area contributed by atoms with Crippen molar-refractivity contribution in [2.75, 3.05) is 25.0 Å². The second kappa shape index (κ2) is 9.29. The van der Waals surface area contributed by atoms with Gasteiger partial charge in [-0.3, -0.25) is 0 Å². The molecule has 1 N–H and O–H groups in total. The molecule has 0 aliphatic carbocycles. The third-order valence-electron chi connectivity index (χ3n) is 5.31. The highest BCUT2D eigenvalue weighted by atomic mass is 35.6. The third kappa shape index (κ3) is 5.19. The van der Waals surface area contributed by atoms with Crippen LogP contribution in [0.1, 0.15) is 29.9 Å². The van der Waals surface area contributed by atoms with Gasteiger partial charge in [0.1, 0.15) is 24.3 Å². The first-order chi connectivity index (χ1) is 15.2. The Kier molecular flexibility index (Phi) is 6.65. The van der Waals surface area contributed by atoms with E-state index in [1.54, 1.807) is 17.2 Å². The Morgan fingerprint density at radius 2 is 2.06 bits per heavy atom. The van der Waals surface area contributed by atoms with Gasteiger partial charge in [-0.05, 0) is 43.4 Å². The number of likely N-dealkylation sites (tertiary alicyclic amines) is 1. The quantitative estimate of drug-likeness (QED) is 0.435. The fraction of sp³-hybridized carbons (Fsp3) is 0.381. The number of amides is 1. The lowest BCUT2D eigenvalue weighted by Gasteiger charge is -2.31. The Labute approximate surface area is 198 Å². The Hall–Kier alpha value is -2.29. The number of piperidine rings is 1. The van der Waals surface area contributed by atoms with Gasteiger partial charge in [-0.1, -0.05) is 40.9 Å². The number of ether oxygens (including phenoxy) is 1. The zero-order valence-corrected chi connectivity index (χ0v) is 19.3. The van der Waals surface area contributed by atoms with Crippen LogP contribution >= 0.6 is 34.8 Å². The molecule has 0 atom stereocenters. The number of rotatable bonds is 4. The number of fused-ring (bicyclic) bond motifs is 1. The van der Waals surface area contributed by atoms with Gasteiger partial charge in [0.2, 0.25) is 3.79 Å². The van der Waals surface area contributed by atoms with Gasteiger partial charge in [0, 0.05) is 18.7 Å². The highest BCUT2D eigenvalue weighted by Crippen LogP contribution is 2.36. The molecule has 0 spiro atoms. The molecule has 0 radical (unpaired) electrons. The van der Waals surface area contributed by atoms with Gasteiger partial charge in [0.05, 0.1) is 12.0 Å². The van der Waals surface area contributed by atoms with E-state index in [0.29, 0.717) is 48.5 Å². The second-order valence-electron chi connectivity index (χ2n) is 7.63. The number of carbonyl (C=O) groups is 1. The van der Waals surface area contributed by atoms with Gasteiger partial charge in [-0.25, -0.2) is 19.2 Å². The Balaban J connectivity index is 1.46. The highest BCUT2D eigenvalue weighted by Gasteiger charge is 2.30. The predicted octanol–water partition coefficient (Wildman–Crippen LogP) is 6.10. The van der Waals surface area contributed by atoms with Crippen molar-refractivity contribution in [3.8, 4) is 0 Å². The normalized spacial score (nSPS) is 15.2. The van der Waals surface area contributed by atoms with E-state index in [1.807, 2.05) is 13.0 Å². The topological polar surface area (TPSA) is 80.5 Å². The molecule has 0 saturated carbocycles. The first kappa shape index (κ1) is 22.9. The summed E-state index contributed by atoms with van der Waals surface area (Å²) < 4.78 is 23.4. The van der Waals surface area contributed by atoms with Crippen LogP contribution in [0.25, 0.3) is 11.1 Å². The van der Waals surface area contributed by atoms with Crippen molar-refractivity contribution in [3.63, 3.8) is 0 Å². The molecule has 1 aromatic carbocycles. The molecular formula is C21H20Cl3FN4O3. The Morgan fingerprint density at radius 3 is 2.75 bits per heavy atom. The number of nitrogens with zero attached hydrogens (tertiary/aromatic N) is 3. The molecule has 4 rings (SSSR count). The van der Waals surface area contributed by atoms with Crippen molar-refractivity contribution in [3.05, 3.63) is 47.7 Å². The summed E-state index contributed by atoms with van der Waals surface area (Å²) in [7, 11) is 0. The number of hydrogen-bond acceptors (Lipinski definition) is 6. The fourth-order valence-corrected chi connectivity index (χ4v) is 3.87. The van der Waals surface area contributed by atoms with Gasteiger partial charge in [-0.15, -0.1) is 0 Å². The van der Waals surface area contributed by atoms with E-state index in [9.17, 15) is 9.18 Å². The van der Waals surface area contributed by atoms with Crippen LogP contribution in [0.15, 0.2) is 35.2 Å².